The molecule has 1 aliphatic rings. The van der Waals surface area contributed by atoms with E-state index < -0.39 is 9.84 Å². The van der Waals surface area contributed by atoms with E-state index in [9.17, 15) is 8.42 Å². The van der Waals surface area contributed by atoms with Crippen molar-refractivity contribution in [2.75, 3.05) is 6.26 Å². The van der Waals surface area contributed by atoms with Gasteiger partial charge in [-0.05, 0) is 18.4 Å². The SMILES string of the molecule is CS(=O)(=O)c1cnn(-c2nc3n(n2)[C@H](c2ccccc2)CCCC3)c1. The van der Waals surface area contributed by atoms with Gasteiger partial charge in [-0.1, -0.05) is 36.8 Å². The van der Waals surface area contributed by atoms with Gasteiger partial charge in [-0.25, -0.2) is 17.8 Å². The number of fused-ring (bicyclic) bond motifs is 1. The lowest BCUT2D eigenvalue weighted by Gasteiger charge is -2.16. The molecule has 0 fully saturated rings. The Balaban J connectivity index is 1.75. The minimum atomic E-state index is -3.30. The lowest BCUT2D eigenvalue weighted by Crippen LogP contribution is -2.13. The Morgan fingerprint density at radius 3 is 2.68 bits per heavy atom. The third-order valence-corrected chi connectivity index (χ3v) is 5.56. The second-order valence-corrected chi connectivity index (χ2v) is 8.35. The number of aromatic nitrogens is 5. The van der Waals surface area contributed by atoms with Gasteiger partial charge in [-0.15, -0.1) is 5.10 Å². The summed E-state index contributed by atoms with van der Waals surface area (Å²) in [4.78, 5) is 4.77. The molecule has 3 heterocycles. The van der Waals surface area contributed by atoms with Gasteiger partial charge in [0.2, 0.25) is 0 Å². The van der Waals surface area contributed by atoms with Crippen LogP contribution in [0, 0.1) is 0 Å². The first-order chi connectivity index (χ1) is 12.0. The maximum Gasteiger partial charge on any atom is 0.269 e. The Labute approximate surface area is 146 Å². The fourth-order valence-electron chi connectivity index (χ4n) is 3.19. The molecule has 1 atom stereocenters. The van der Waals surface area contributed by atoms with Crippen LogP contribution >= 0.6 is 0 Å². The summed E-state index contributed by atoms with van der Waals surface area (Å²) >= 11 is 0. The molecular weight excluding hydrogens is 338 g/mol. The molecule has 1 aromatic carbocycles. The largest absolute Gasteiger partial charge is 0.269 e. The van der Waals surface area contributed by atoms with Crippen molar-refractivity contribution in [3.05, 3.63) is 54.1 Å². The molecule has 25 heavy (non-hydrogen) atoms. The van der Waals surface area contributed by atoms with E-state index in [1.54, 1.807) is 0 Å². The highest BCUT2D eigenvalue weighted by molar-refractivity contribution is 7.90. The van der Waals surface area contributed by atoms with E-state index in [0.29, 0.717) is 5.95 Å². The van der Waals surface area contributed by atoms with Gasteiger partial charge in [-0.3, -0.25) is 0 Å². The zero-order valence-electron chi connectivity index (χ0n) is 13.9. The third-order valence-electron chi connectivity index (χ3n) is 4.49. The second-order valence-electron chi connectivity index (χ2n) is 6.34. The van der Waals surface area contributed by atoms with E-state index in [2.05, 4.69) is 27.3 Å². The predicted octanol–water partition coefficient (Wildman–Crippen LogP) is 2.18. The van der Waals surface area contributed by atoms with Gasteiger partial charge in [-0.2, -0.15) is 10.1 Å². The van der Waals surface area contributed by atoms with Gasteiger partial charge >= 0.3 is 0 Å². The molecule has 7 nitrogen and oxygen atoms in total. The minimum absolute atomic E-state index is 0.143. The van der Waals surface area contributed by atoms with Gasteiger partial charge in [0.1, 0.15) is 10.7 Å². The maximum absolute atomic E-state index is 11.7. The highest BCUT2D eigenvalue weighted by Gasteiger charge is 2.24. The lowest BCUT2D eigenvalue weighted by molar-refractivity contribution is 0.484. The van der Waals surface area contributed by atoms with Gasteiger partial charge in [0.05, 0.1) is 18.4 Å². The average molecular weight is 357 g/mol. The summed E-state index contributed by atoms with van der Waals surface area (Å²) < 4.78 is 26.7. The van der Waals surface area contributed by atoms with Crippen molar-refractivity contribution in [2.24, 2.45) is 0 Å². The summed E-state index contributed by atoms with van der Waals surface area (Å²) in [6.45, 7) is 0. The molecule has 0 unspecified atom stereocenters. The number of aryl methyl sites for hydroxylation is 1. The van der Waals surface area contributed by atoms with Crippen molar-refractivity contribution in [3.63, 3.8) is 0 Å². The lowest BCUT2D eigenvalue weighted by atomic mass is 10.0. The average Bonchev–Trinajstić information content (AvgIpc) is 3.19. The summed E-state index contributed by atoms with van der Waals surface area (Å²) in [5, 5.41) is 8.76. The molecule has 1 aliphatic heterocycles. The van der Waals surface area contributed by atoms with E-state index in [4.69, 9.17) is 0 Å². The molecule has 2 aromatic heterocycles. The standard InChI is InChI=1S/C17H19N5O2S/c1-25(23,24)14-11-18-21(12-14)17-19-16-10-6-5-9-15(22(16)20-17)13-7-3-2-4-8-13/h2-4,7-8,11-12,15H,5-6,9-10H2,1H3/t15-/m0/s1. The summed E-state index contributed by atoms with van der Waals surface area (Å²) in [6.07, 6.45) is 8.01. The Bertz CT molecular complexity index is 991. The first-order valence-electron chi connectivity index (χ1n) is 8.28. The molecule has 0 spiro atoms. The van der Waals surface area contributed by atoms with Crippen LogP contribution in [0.4, 0.5) is 0 Å². The summed E-state index contributed by atoms with van der Waals surface area (Å²) in [6, 6.07) is 10.4. The summed E-state index contributed by atoms with van der Waals surface area (Å²) in [5.41, 5.74) is 1.21. The zero-order chi connectivity index (χ0) is 17.4. The van der Waals surface area contributed by atoms with Crippen LogP contribution in [0.1, 0.15) is 36.7 Å². The van der Waals surface area contributed by atoms with Crippen LogP contribution in [-0.2, 0) is 16.3 Å². The Morgan fingerprint density at radius 2 is 1.96 bits per heavy atom. The molecule has 4 rings (SSSR count). The first-order valence-corrected chi connectivity index (χ1v) is 10.2. The van der Waals surface area contributed by atoms with Crippen molar-refractivity contribution in [1.82, 2.24) is 24.5 Å². The minimum Gasteiger partial charge on any atom is -0.240 e. The number of hydrogen-bond donors (Lipinski definition) is 0. The number of hydrogen-bond acceptors (Lipinski definition) is 5. The Morgan fingerprint density at radius 1 is 1.16 bits per heavy atom. The zero-order valence-corrected chi connectivity index (χ0v) is 14.7. The number of nitrogens with zero attached hydrogens (tertiary/aromatic N) is 5. The van der Waals surface area contributed by atoms with Gasteiger partial charge in [0, 0.05) is 12.7 Å². The van der Waals surface area contributed by atoms with Crippen molar-refractivity contribution in [1.29, 1.82) is 0 Å². The molecular formula is C17H19N5O2S. The van der Waals surface area contributed by atoms with Crippen molar-refractivity contribution in [3.8, 4) is 5.95 Å². The molecule has 0 bridgehead atoms. The number of rotatable bonds is 3. The Kier molecular flexibility index (Phi) is 3.91. The molecule has 8 heteroatoms. The van der Waals surface area contributed by atoms with E-state index in [1.807, 2.05) is 22.9 Å². The molecule has 0 N–H and O–H groups in total. The number of sulfone groups is 1. The van der Waals surface area contributed by atoms with Crippen LogP contribution in [0.3, 0.4) is 0 Å². The van der Waals surface area contributed by atoms with Gasteiger partial charge in [0.15, 0.2) is 9.84 Å². The van der Waals surface area contributed by atoms with Crippen LogP contribution in [-0.4, -0.2) is 39.2 Å². The third kappa shape index (κ3) is 3.09. The molecule has 0 saturated carbocycles. The quantitative estimate of drug-likeness (QED) is 0.717. The Hall–Kier alpha value is -2.48. The van der Waals surface area contributed by atoms with Crippen LogP contribution in [0.25, 0.3) is 5.95 Å². The topological polar surface area (TPSA) is 82.7 Å². The van der Waals surface area contributed by atoms with Crippen LogP contribution in [0.2, 0.25) is 0 Å². The molecule has 130 valence electrons. The molecule has 0 amide bonds. The molecule has 0 aliphatic carbocycles. The molecule has 3 aromatic rings. The van der Waals surface area contributed by atoms with E-state index >= 15 is 0 Å². The number of benzene rings is 1. The highest BCUT2D eigenvalue weighted by Crippen LogP contribution is 2.29. The van der Waals surface area contributed by atoms with Crippen LogP contribution < -0.4 is 0 Å². The normalized spacial score (nSPS) is 17.9. The molecule has 0 saturated heterocycles. The second kappa shape index (κ2) is 6.11. The fraction of sp³-hybridized carbons (Fsp3) is 0.353. The van der Waals surface area contributed by atoms with Gasteiger partial charge in [0.25, 0.3) is 5.95 Å². The monoisotopic (exact) mass is 357 g/mol. The summed E-state index contributed by atoms with van der Waals surface area (Å²) in [5.74, 6) is 1.32. The molecule has 0 radical (unpaired) electrons. The fourth-order valence-corrected chi connectivity index (χ4v) is 3.72. The predicted molar refractivity (Wildman–Crippen MR) is 92.4 cm³/mol. The first kappa shape index (κ1) is 16.0. The highest BCUT2D eigenvalue weighted by atomic mass is 32.2. The van der Waals surface area contributed by atoms with E-state index in [-0.39, 0.29) is 10.9 Å². The van der Waals surface area contributed by atoms with Crippen molar-refractivity contribution in [2.45, 2.75) is 36.6 Å². The van der Waals surface area contributed by atoms with Crippen LogP contribution in [0.5, 0.6) is 0 Å². The van der Waals surface area contributed by atoms with Crippen LogP contribution in [0.15, 0.2) is 47.6 Å². The maximum atomic E-state index is 11.7. The van der Waals surface area contributed by atoms with Crippen molar-refractivity contribution < 1.29 is 8.42 Å². The van der Waals surface area contributed by atoms with E-state index in [1.165, 1.54) is 22.6 Å². The smallest absolute Gasteiger partial charge is 0.240 e. The van der Waals surface area contributed by atoms with E-state index in [0.717, 1.165) is 37.8 Å². The van der Waals surface area contributed by atoms with Crippen molar-refractivity contribution >= 4 is 9.84 Å². The summed E-state index contributed by atoms with van der Waals surface area (Å²) in [7, 11) is -3.30. The van der Waals surface area contributed by atoms with Gasteiger partial charge < -0.3 is 0 Å².